The van der Waals surface area contributed by atoms with Crippen molar-refractivity contribution in [2.75, 3.05) is 0 Å². The van der Waals surface area contributed by atoms with E-state index in [-0.39, 0.29) is 11.5 Å². The lowest BCUT2D eigenvalue weighted by Crippen LogP contribution is -2.11. The Morgan fingerprint density at radius 2 is 2.05 bits per heavy atom. The van der Waals surface area contributed by atoms with Crippen LogP contribution in [0.3, 0.4) is 0 Å². The molecule has 1 heterocycles. The first-order valence-corrected chi connectivity index (χ1v) is 8.09. The molecule has 1 aromatic carbocycles. The first-order chi connectivity index (χ1) is 9.77. The fraction of sp³-hybridized carbons (Fsp3) is 0.471. The Balaban J connectivity index is 2.05. The molecule has 0 spiro atoms. The summed E-state index contributed by atoms with van der Waals surface area (Å²) in [6.07, 6.45) is 0. The number of hydrogen-bond acceptors (Lipinski definition) is 4. The maximum atomic E-state index is 5.89. The number of rotatable bonds is 4. The van der Waals surface area contributed by atoms with Crippen LogP contribution < -0.4 is 10.5 Å². The third-order valence-electron chi connectivity index (χ3n) is 3.40. The molecule has 2 N–H and O–H groups in total. The van der Waals surface area contributed by atoms with E-state index in [1.807, 2.05) is 26.0 Å². The fourth-order valence-electron chi connectivity index (χ4n) is 1.98. The van der Waals surface area contributed by atoms with Crippen LogP contribution in [-0.4, -0.2) is 4.98 Å². The summed E-state index contributed by atoms with van der Waals surface area (Å²) in [6.45, 7) is 11.1. The normalized spacial score (nSPS) is 13.2. The molecule has 0 saturated heterocycles. The second-order valence-electron chi connectivity index (χ2n) is 6.48. The number of thiazole rings is 1. The smallest absolute Gasteiger partial charge is 0.140 e. The topological polar surface area (TPSA) is 48.1 Å². The maximum absolute atomic E-state index is 5.89. The Morgan fingerprint density at radius 3 is 2.57 bits per heavy atom. The van der Waals surface area contributed by atoms with E-state index < -0.39 is 0 Å². The van der Waals surface area contributed by atoms with Gasteiger partial charge >= 0.3 is 0 Å². The van der Waals surface area contributed by atoms with Gasteiger partial charge in [0.05, 0.1) is 5.69 Å². The van der Waals surface area contributed by atoms with Crippen LogP contribution in [0.1, 0.15) is 55.6 Å². The minimum atomic E-state index is 0.0473. The molecule has 0 saturated carbocycles. The van der Waals surface area contributed by atoms with Gasteiger partial charge in [0, 0.05) is 16.8 Å². The predicted octanol–water partition coefficient (Wildman–Crippen LogP) is 4.35. The van der Waals surface area contributed by atoms with Crippen molar-refractivity contribution >= 4 is 11.3 Å². The Morgan fingerprint density at radius 1 is 1.33 bits per heavy atom. The van der Waals surface area contributed by atoms with Crippen molar-refractivity contribution in [2.24, 2.45) is 5.73 Å². The summed E-state index contributed by atoms with van der Waals surface area (Å²) < 4.78 is 5.89. The molecule has 0 aliphatic rings. The second kappa shape index (κ2) is 6.16. The highest BCUT2D eigenvalue weighted by Gasteiger charge is 2.17. The zero-order valence-corrected chi connectivity index (χ0v) is 14.3. The van der Waals surface area contributed by atoms with Crippen molar-refractivity contribution in [2.45, 2.75) is 52.7 Å². The van der Waals surface area contributed by atoms with Crippen LogP contribution in [0.25, 0.3) is 0 Å². The van der Waals surface area contributed by atoms with E-state index in [0.717, 1.165) is 27.6 Å². The highest BCUT2D eigenvalue weighted by molar-refractivity contribution is 7.09. The van der Waals surface area contributed by atoms with Crippen LogP contribution in [-0.2, 0) is 12.0 Å². The second-order valence-corrected chi connectivity index (χ2v) is 7.42. The molecular formula is C17H24N2OS. The zero-order valence-electron chi connectivity index (χ0n) is 13.4. The first kappa shape index (κ1) is 16.0. The summed E-state index contributed by atoms with van der Waals surface area (Å²) in [6, 6.07) is 6.15. The van der Waals surface area contributed by atoms with Gasteiger partial charge in [0.2, 0.25) is 0 Å². The van der Waals surface area contributed by atoms with Crippen molar-refractivity contribution in [3.8, 4) is 5.75 Å². The van der Waals surface area contributed by atoms with E-state index in [1.165, 1.54) is 0 Å². The minimum Gasteiger partial charge on any atom is -0.486 e. The van der Waals surface area contributed by atoms with E-state index >= 15 is 0 Å². The number of benzene rings is 1. The summed E-state index contributed by atoms with van der Waals surface area (Å²) in [4.78, 5) is 4.65. The van der Waals surface area contributed by atoms with Crippen molar-refractivity contribution in [3.05, 3.63) is 45.4 Å². The average Bonchev–Trinajstić information content (AvgIpc) is 2.85. The van der Waals surface area contributed by atoms with Gasteiger partial charge in [-0.05, 0) is 31.0 Å². The lowest BCUT2D eigenvalue weighted by Gasteiger charge is -2.14. The molecule has 0 fully saturated rings. The lowest BCUT2D eigenvalue weighted by atomic mass is 9.93. The van der Waals surface area contributed by atoms with Gasteiger partial charge in [-0.1, -0.05) is 32.9 Å². The van der Waals surface area contributed by atoms with E-state index in [0.29, 0.717) is 6.61 Å². The molecule has 0 aliphatic carbocycles. The summed E-state index contributed by atoms with van der Waals surface area (Å²) in [5.41, 5.74) is 9.34. The Bertz CT molecular complexity index is 611. The van der Waals surface area contributed by atoms with E-state index in [4.69, 9.17) is 10.5 Å². The first-order valence-electron chi connectivity index (χ1n) is 7.21. The quantitative estimate of drug-likeness (QED) is 0.913. The zero-order chi connectivity index (χ0) is 15.6. The third kappa shape index (κ3) is 4.05. The number of hydrogen-bond donors (Lipinski definition) is 1. The average molecular weight is 304 g/mol. The molecule has 0 bridgehead atoms. The Hall–Kier alpha value is -1.39. The summed E-state index contributed by atoms with van der Waals surface area (Å²) in [7, 11) is 0. The highest BCUT2D eigenvalue weighted by atomic mass is 32.1. The molecule has 1 unspecified atom stereocenters. The molecule has 1 atom stereocenters. The summed E-state index contributed by atoms with van der Waals surface area (Å²) >= 11 is 1.65. The van der Waals surface area contributed by atoms with Crippen molar-refractivity contribution < 1.29 is 4.74 Å². The van der Waals surface area contributed by atoms with Gasteiger partial charge in [-0.15, -0.1) is 11.3 Å². The number of aromatic nitrogens is 1. The number of ether oxygens (including phenoxy) is 1. The number of aryl methyl sites for hydroxylation is 1. The van der Waals surface area contributed by atoms with Crippen LogP contribution in [0.4, 0.5) is 0 Å². The molecule has 4 heteroatoms. The van der Waals surface area contributed by atoms with E-state index in [1.54, 1.807) is 11.3 Å². The van der Waals surface area contributed by atoms with Crippen LogP contribution in [0.15, 0.2) is 23.6 Å². The third-order valence-corrected chi connectivity index (χ3v) is 4.22. The number of nitrogens with zero attached hydrogens (tertiary/aromatic N) is 1. The van der Waals surface area contributed by atoms with Crippen LogP contribution in [0, 0.1) is 6.92 Å². The monoisotopic (exact) mass is 304 g/mol. The standard InChI is InChI=1S/C17H24N2OS/c1-11-8-13(12(2)18)6-7-14(11)20-9-16-19-15(10-21-16)17(3,4)5/h6-8,10,12H,9,18H2,1-5H3. The van der Waals surface area contributed by atoms with Crippen molar-refractivity contribution in [1.82, 2.24) is 4.98 Å². The summed E-state index contributed by atoms with van der Waals surface area (Å²) in [5.74, 6) is 0.895. The molecular weight excluding hydrogens is 280 g/mol. The molecule has 0 aliphatic heterocycles. The van der Waals surface area contributed by atoms with Gasteiger partial charge in [0.25, 0.3) is 0 Å². The van der Waals surface area contributed by atoms with Gasteiger partial charge in [-0.3, -0.25) is 0 Å². The van der Waals surface area contributed by atoms with E-state index in [9.17, 15) is 0 Å². The Kier molecular flexibility index (Phi) is 4.69. The van der Waals surface area contributed by atoms with Crippen LogP contribution >= 0.6 is 11.3 Å². The molecule has 1 aromatic heterocycles. The Labute approximate surface area is 131 Å². The molecule has 2 rings (SSSR count). The molecule has 21 heavy (non-hydrogen) atoms. The van der Waals surface area contributed by atoms with E-state index in [2.05, 4.69) is 37.2 Å². The molecule has 2 aromatic rings. The predicted molar refractivity (Wildman–Crippen MR) is 88.9 cm³/mol. The highest BCUT2D eigenvalue weighted by Crippen LogP contribution is 2.26. The van der Waals surface area contributed by atoms with Gasteiger partial charge in [-0.25, -0.2) is 4.98 Å². The molecule has 3 nitrogen and oxygen atoms in total. The van der Waals surface area contributed by atoms with Crippen molar-refractivity contribution in [3.63, 3.8) is 0 Å². The SMILES string of the molecule is Cc1cc(C(C)N)ccc1OCc1nc(C(C)(C)C)cs1. The molecule has 0 amide bonds. The van der Waals surface area contributed by atoms with Gasteiger partial charge in [0.1, 0.15) is 17.4 Å². The maximum Gasteiger partial charge on any atom is 0.140 e. The molecule has 0 radical (unpaired) electrons. The molecule has 114 valence electrons. The van der Waals surface area contributed by atoms with Crippen molar-refractivity contribution in [1.29, 1.82) is 0 Å². The fourth-order valence-corrected chi connectivity index (χ4v) is 2.91. The van der Waals surface area contributed by atoms with Gasteiger partial charge in [0.15, 0.2) is 0 Å². The summed E-state index contributed by atoms with van der Waals surface area (Å²) in [5, 5.41) is 3.13. The van der Waals surface area contributed by atoms with Crippen LogP contribution in [0.2, 0.25) is 0 Å². The lowest BCUT2D eigenvalue weighted by molar-refractivity contribution is 0.302. The largest absolute Gasteiger partial charge is 0.486 e. The number of nitrogens with two attached hydrogens (primary N) is 1. The van der Waals surface area contributed by atoms with Gasteiger partial charge < -0.3 is 10.5 Å². The minimum absolute atomic E-state index is 0.0473. The van der Waals surface area contributed by atoms with Gasteiger partial charge in [-0.2, -0.15) is 0 Å². The van der Waals surface area contributed by atoms with Crippen LogP contribution in [0.5, 0.6) is 5.75 Å².